The van der Waals surface area contributed by atoms with Crippen LogP contribution in [0, 0.1) is 11.3 Å². The summed E-state index contributed by atoms with van der Waals surface area (Å²) in [5, 5.41) is 22.2. The number of aromatic nitrogens is 8. The third-order valence-electron chi connectivity index (χ3n) is 3.53. The van der Waals surface area contributed by atoms with Gasteiger partial charge in [0.1, 0.15) is 11.3 Å². The fourth-order valence-electron chi connectivity index (χ4n) is 2.31. The Labute approximate surface area is 141 Å². The molecule has 0 unspecified atom stereocenters. The van der Waals surface area contributed by atoms with E-state index in [0.29, 0.717) is 11.4 Å². The van der Waals surface area contributed by atoms with E-state index in [1.54, 1.807) is 24.5 Å². The first-order chi connectivity index (χ1) is 12.3. The van der Waals surface area contributed by atoms with Gasteiger partial charge in [0.2, 0.25) is 5.82 Å². The molecular weight excluding hydrogens is 318 g/mol. The van der Waals surface area contributed by atoms with E-state index in [4.69, 9.17) is 5.26 Å². The van der Waals surface area contributed by atoms with Crippen LogP contribution in [0.4, 0.5) is 0 Å². The van der Waals surface area contributed by atoms with Gasteiger partial charge in [-0.2, -0.15) is 10.5 Å². The zero-order chi connectivity index (χ0) is 17.1. The van der Waals surface area contributed by atoms with Crippen molar-refractivity contribution in [1.29, 1.82) is 5.26 Å². The topological polar surface area (TPSA) is 113 Å². The lowest BCUT2D eigenvalue weighted by atomic mass is 10.2. The molecule has 5 aromatic rings. The number of nitriles is 1. The standard InChI is InChI=1S/C8H6N6.C8H5N3/c1-3-14-4-2-9-7(14)5-6(1)8-10-12-13-11-8;9-6-7-1-3-11-4-2-10-8(11)5-7/h1-5H,(H,10,11,12,13);1-5H. The van der Waals surface area contributed by atoms with Crippen molar-refractivity contribution >= 4 is 11.3 Å². The number of rotatable bonds is 1. The summed E-state index contributed by atoms with van der Waals surface area (Å²) >= 11 is 0. The van der Waals surface area contributed by atoms with Crippen molar-refractivity contribution < 1.29 is 0 Å². The second-order valence-electron chi connectivity index (χ2n) is 5.06. The normalized spacial score (nSPS) is 10.4. The SMILES string of the molecule is N#Cc1ccn2ccnc2c1.c1cn2ccc(-c3nn[nH]n3)cc2n1. The van der Waals surface area contributed by atoms with Crippen LogP contribution in [0.1, 0.15) is 5.56 Å². The van der Waals surface area contributed by atoms with Crippen LogP contribution in [0.2, 0.25) is 0 Å². The molecule has 0 atom stereocenters. The maximum absolute atomic E-state index is 8.55. The molecule has 5 rings (SSSR count). The molecule has 0 aromatic carbocycles. The van der Waals surface area contributed by atoms with E-state index in [0.717, 1.165) is 16.9 Å². The fourth-order valence-corrected chi connectivity index (χ4v) is 2.31. The number of tetrazole rings is 1. The minimum atomic E-state index is 0.579. The molecule has 0 aliphatic rings. The van der Waals surface area contributed by atoms with Gasteiger partial charge < -0.3 is 8.80 Å². The van der Waals surface area contributed by atoms with Crippen molar-refractivity contribution in [2.45, 2.75) is 0 Å². The lowest BCUT2D eigenvalue weighted by Gasteiger charge is -1.95. The zero-order valence-electron chi connectivity index (χ0n) is 12.9. The number of imidazole rings is 2. The third kappa shape index (κ3) is 2.91. The van der Waals surface area contributed by atoms with Crippen LogP contribution >= 0.6 is 0 Å². The van der Waals surface area contributed by atoms with E-state index < -0.39 is 0 Å². The summed E-state index contributed by atoms with van der Waals surface area (Å²) in [7, 11) is 0. The number of aromatic amines is 1. The summed E-state index contributed by atoms with van der Waals surface area (Å²) in [4.78, 5) is 8.21. The summed E-state index contributed by atoms with van der Waals surface area (Å²) in [6, 6.07) is 9.39. The molecule has 0 aliphatic carbocycles. The Kier molecular flexibility index (Phi) is 3.61. The summed E-state index contributed by atoms with van der Waals surface area (Å²) < 4.78 is 3.78. The minimum absolute atomic E-state index is 0.579. The predicted octanol–water partition coefficient (Wildman–Crippen LogP) is 1.72. The Morgan fingerprint density at radius 2 is 1.64 bits per heavy atom. The van der Waals surface area contributed by atoms with Crippen molar-refractivity contribution in [3.63, 3.8) is 0 Å². The fraction of sp³-hybridized carbons (Fsp3) is 0. The average molecular weight is 329 g/mol. The highest BCUT2D eigenvalue weighted by molar-refractivity contribution is 5.60. The van der Waals surface area contributed by atoms with Crippen LogP contribution in [0.25, 0.3) is 22.7 Å². The summed E-state index contributed by atoms with van der Waals surface area (Å²) in [6.07, 6.45) is 10.9. The Bertz CT molecular complexity index is 1160. The molecule has 0 spiro atoms. The van der Waals surface area contributed by atoms with E-state index in [2.05, 4.69) is 36.7 Å². The van der Waals surface area contributed by atoms with Crippen molar-refractivity contribution in [3.8, 4) is 17.5 Å². The Morgan fingerprint density at radius 1 is 0.920 bits per heavy atom. The van der Waals surface area contributed by atoms with Gasteiger partial charge in [0.15, 0.2) is 0 Å². The summed E-state index contributed by atoms with van der Waals surface area (Å²) in [5.41, 5.74) is 3.22. The number of hydrogen-bond acceptors (Lipinski definition) is 6. The van der Waals surface area contributed by atoms with Crippen LogP contribution < -0.4 is 0 Å². The second kappa shape index (κ2) is 6.21. The molecule has 9 heteroatoms. The van der Waals surface area contributed by atoms with E-state index >= 15 is 0 Å². The highest BCUT2D eigenvalue weighted by atomic mass is 15.5. The quantitative estimate of drug-likeness (QED) is 0.501. The first kappa shape index (κ1) is 14.5. The third-order valence-corrected chi connectivity index (χ3v) is 3.53. The molecule has 5 heterocycles. The molecule has 0 amide bonds. The van der Waals surface area contributed by atoms with E-state index in [9.17, 15) is 0 Å². The number of fused-ring (bicyclic) bond motifs is 2. The minimum Gasteiger partial charge on any atom is -0.307 e. The van der Waals surface area contributed by atoms with Crippen molar-refractivity contribution in [3.05, 3.63) is 67.0 Å². The molecule has 0 bridgehead atoms. The van der Waals surface area contributed by atoms with E-state index in [1.807, 2.05) is 45.7 Å². The maximum Gasteiger partial charge on any atom is 0.204 e. The van der Waals surface area contributed by atoms with Gasteiger partial charge in [-0.1, -0.05) is 0 Å². The first-order valence-electron chi connectivity index (χ1n) is 7.33. The van der Waals surface area contributed by atoms with Crippen LogP contribution in [0.3, 0.4) is 0 Å². The molecule has 0 radical (unpaired) electrons. The van der Waals surface area contributed by atoms with E-state index in [1.165, 1.54) is 0 Å². The van der Waals surface area contributed by atoms with Gasteiger partial charge in [0, 0.05) is 42.7 Å². The van der Waals surface area contributed by atoms with Crippen LogP contribution in [0.5, 0.6) is 0 Å². The van der Waals surface area contributed by atoms with Crippen molar-refractivity contribution in [2.24, 2.45) is 0 Å². The van der Waals surface area contributed by atoms with E-state index in [-0.39, 0.29) is 0 Å². The van der Waals surface area contributed by atoms with Gasteiger partial charge in [-0.15, -0.1) is 10.2 Å². The van der Waals surface area contributed by atoms with Crippen molar-refractivity contribution in [2.75, 3.05) is 0 Å². The van der Waals surface area contributed by atoms with Gasteiger partial charge in [-0.3, -0.25) is 0 Å². The molecule has 0 aliphatic heterocycles. The monoisotopic (exact) mass is 329 g/mol. The lowest BCUT2D eigenvalue weighted by Crippen LogP contribution is -1.86. The largest absolute Gasteiger partial charge is 0.307 e. The maximum atomic E-state index is 8.55. The highest BCUT2D eigenvalue weighted by Gasteiger charge is 2.03. The Morgan fingerprint density at radius 3 is 2.32 bits per heavy atom. The lowest BCUT2D eigenvalue weighted by molar-refractivity contribution is 0.881. The summed E-state index contributed by atoms with van der Waals surface area (Å²) in [5.74, 6) is 0.579. The molecule has 0 saturated heterocycles. The molecule has 0 saturated carbocycles. The summed E-state index contributed by atoms with van der Waals surface area (Å²) in [6.45, 7) is 0. The zero-order valence-corrected chi connectivity index (χ0v) is 12.9. The molecule has 5 aromatic heterocycles. The van der Waals surface area contributed by atoms with Crippen LogP contribution in [0.15, 0.2) is 61.4 Å². The Hall–Kier alpha value is -4.06. The van der Waals surface area contributed by atoms with Gasteiger partial charge in [-0.05, 0) is 29.5 Å². The molecule has 120 valence electrons. The van der Waals surface area contributed by atoms with Crippen LogP contribution in [-0.4, -0.2) is 39.4 Å². The molecule has 0 fully saturated rings. The molecule has 9 nitrogen and oxygen atoms in total. The first-order valence-corrected chi connectivity index (χ1v) is 7.33. The highest BCUT2D eigenvalue weighted by Crippen LogP contribution is 2.14. The Balaban J connectivity index is 0.000000129. The van der Waals surface area contributed by atoms with Gasteiger partial charge in [0.25, 0.3) is 0 Å². The number of nitrogens with one attached hydrogen (secondary N) is 1. The predicted molar refractivity (Wildman–Crippen MR) is 88.3 cm³/mol. The number of nitrogens with zero attached hydrogens (tertiary/aromatic N) is 8. The van der Waals surface area contributed by atoms with Crippen LogP contribution in [-0.2, 0) is 0 Å². The number of hydrogen-bond donors (Lipinski definition) is 1. The van der Waals surface area contributed by atoms with Gasteiger partial charge in [0.05, 0.1) is 11.6 Å². The van der Waals surface area contributed by atoms with Crippen molar-refractivity contribution in [1.82, 2.24) is 39.4 Å². The van der Waals surface area contributed by atoms with Gasteiger partial charge >= 0.3 is 0 Å². The molecule has 25 heavy (non-hydrogen) atoms. The number of H-pyrrole nitrogens is 1. The second-order valence-corrected chi connectivity index (χ2v) is 5.06. The molecular formula is C16H11N9. The molecule has 1 N–H and O–H groups in total. The van der Waals surface area contributed by atoms with Gasteiger partial charge in [-0.25, -0.2) is 9.97 Å². The smallest absolute Gasteiger partial charge is 0.204 e. The number of pyridine rings is 2. The average Bonchev–Trinajstić information content (AvgIpc) is 3.41.